The van der Waals surface area contributed by atoms with E-state index < -0.39 is 11.2 Å². The summed E-state index contributed by atoms with van der Waals surface area (Å²) in [6.07, 6.45) is 3.56. The van der Waals surface area contributed by atoms with Crippen molar-refractivity contribution in [1.82, 2.24) is 0 Å². The molecule has 5 heteroatoms. The maximum Gasteiger partial charge on any atom is 0.200 e. The third-order valence-electron chi connectivity index (χ3n) is 4.17. The highest BCUT2D eigenvalue weighted by Gasteiger charge is 2.51. The predicted octanol–water partition coefficient (Wildman–Crippen LogP) is 2.77. The van der Waals surface area contributed by atoms with Crippen molar-refractivity contribution in [2.24, 2.45) is 5.41 Å². The zero-order valence-corrected chi connectivity index (χ0v) is 13.4. The van der Waals surface area contributed by atoms with Gasteiger partial charge in [0.15, 0.2) is 17.3 Å². The number of Topliss-reactive ketones (excluding diaryl/α,β-unsaturated/α-hetero) is 1. The molecule has 5 nitrogen and oxygen atoms in total. The standard InChI is InChI=1S/C17H22O5/c1-12(18)16(2,3)17(21-9-10-22-17)8-7-13-5-6-14(19)15(11-13)20-4/h5-8,11,19H,9-10H2,1-4H3/b8-7+. The number of hydrogen-bond acceptors (Lipinski definition) is 5. The molecule has 1 N–H and O–H groups in total. The van der Waals surface area contributed by atoms with Gasteiger partial charge in [0, 0.05) is 0 Å². The van der Waals surface area contributed by atoms with Crippen LogP contribution in [0.1, 0.15) is 26.3 Å². The van der Waals surface area contributed by atoms with Crippen LogP contribution in [0.5, 0.6) is 11.5 Å². The first-order valence-corrected chi connectivity index (χ1v) is 7.17. The third-order valence-corrected chi connectivity index (χ3v) is 4.17. The van der Waals surface area contributed by atoms with E-state index in [1.165, 1.54) is 14.0 Å². The van der Waals surface area contributed by atoms with Crippen molar-refractivity contribution in [2.75, 3.05) is 20.3 Å². The summed E-state index contributed by atoms with van der Waals surface area (Å²) < 4.78 is 16.6. The summed E-state index contributed by atoms with van der Waals surface area (Å²) in [5, 5.41) is 9.62. The molecule has 0 unspecified atom stereocenters. The van der Waals surface area contributed by atoms with E-state index in [1.807, 2.05) is 13.8 Å². The molecule has 2 rings (SSSR count). The van der Waals surface area contributed by atoms with Crippen LogP contribution in [0.4, 0.5) is 0 Å². The molecule has 0 bridgehead atoms. The smallest absolute Gasteiger partial charge is 0.200 e. The van der Waals surface area contributed by atoms with Crippen molar-refractivity contribution in [3.05, 3.63) is 29.8 Å². The number of ketones is 1. The number of carbonyl (C=O) groups is 1. The van der Waals surface area contributed by atoms with Gasteiger partial charge in [0.25, 0.3) is 0 Å². The summed E-state index contributed by atoms with van der Waals surface area (Å²) >= 11 is 0. The molecule has 1 aromatic rings. The Balaban J connectivity index is 2.34. The van der Waals surface area contributed by atoms with Crippen molar-refractivity contribution < 1.29 is 24.1 Å². The van der Waals surface area contributed by atoms with Crippen LogP contribution < -0.4 is 4.74 Å². The molecule has 1 fully saturated rings. The van der Waals surface area contributed by atoms with Crippen molar-refractivity contribution >= 4 is 11.9 Å². The lowest BCUT2D eigenvalue weighted by Crippen LogP contribution is -2.48. The number of ether oxygens (including phenoxy) is 3. The Bertz CT molecular complexity index is 583. The molecular weight excluding hydrogens is 284 g/mol. The van der Waals surface area contributed by atoms with Gasteiger partial charge in [-0.3, -0.25) is 4.79 Å². The van der Waals surface area contributed by atoms with Gasteiger partial charge in [-0.05, 0) is 44.5 Å². The number of benzene rings is 1. The molecular formula is C17H22O5. The zero-order chi connectivity index (χ0) is 16.4. The van der Waals surface area contributed by atoms with E-state index in [2.05, 4.69) is 0 Å². The number of phenolic OH excluding ortho intramolecular Hbond substituents is 1. The highest BCUT2D eigenvalue weighted by molar-refractivity contribution is 5.83. The first kappa shape index (κ1) is 16.5. The molecule has 0 saturated carbocycles. The normalized spacial score (nSPS) is 17.8. The molecule has 1 heterocycles. The van der Waals surface area contributed by atoms with Gasteiger partial charge in [0.1, 0.15) is 5.78 Å². The second-order valence-electron chi connectivity index (χ2n) is 5.81. The molecule has 1 saturated heterocycles. The fourth-order valence-electron chi connectivity index (χ4n) is 2.34. The minimum atomic E-state index is -1.08. The maximum atomic E-state index is 12.0. The molecule has 0 atom stereocenters. The monoisotopic (exact) mass is 306 g/mol. The molecule has 22 heavy (non-hydrogen) atoms. The van der Waals surface area contributed by atoms with Crippen LogP contribution >= 0.6 is 0 Å². The van der Waals surface area contributed by atoms with Gasteiger partial charge in [0.05, 0.1) is 25.7 Å². The van der Waals surface area contributed by atoms with Gasteiger partial charge >= 0.3 is 0 Å². The van der Waals surface area contributed by atoms with E-state index in [-0.39, 0.29) is 11.5 Å². The van der Waals surface area contributed by atoms with Crippen molar-refractivity contribution in [3.63, 3.8) is 0 Å². The number of aromatic hydroxyl groups is 1. The molecule has 120 valence electrons. The molecule has 0 amide bonds. The quantitative estimate of drug-likeness (QED) is 0.906. The number of phenols is 1. The third kappa shape index (κ3) is 2.87. The first-order chi connectivity index (χ1) is 10.3. The van der Waals surface area contributed by atoms with Gasteiger partial charge in [-0.2, -0.15) is 0 Å². The van der Waals surface area contributed by atoms with Crippen molar-refractivity contribution in [2.45, 2.75) is 26.6 Å². The van der Waals surface area contributed by atoms with Crippen LogP contribution in [-0.2, 0) is 14.3 Å². The van der Waals surface area contributed by atoms with Crippen LogP contribution in [0.15, 0.2) is 24.3 Å². The Kier molecular flexibility index (Phi) is 4.58. The van der Waals surface area contributed by atoms with Crippen LogP contribution in [0, 0.1) is 5.41 Å². The lowest BCUT2D eigenvalue weighted by molar-refractivity contribution is -0.192. The average Bonchev–Trinajstić information content (AvgIpc) is 2.96. The van der Waals surface area contributed by atoms with Crippen LogP contribution in [0.25, 0.3) is 6.08 Å². The Morgan fingerprint density at radius 1 is 1.36 bits per heavy atom. The van der Waals surface area contributed by atoms with Crippen LogP contribution in [-0.4, -0.2) is 37.0 Å². The Morgan fingerprint density at radius 2 is 2.00 bits per heavy atom. The summed E-state index contributed by atoms with van der Waals surface area (Å²) in [4.78, 5) is 12.0. The number of rotatable bonds is 5. The molecule has 0 aliphatic carbocycles. The Labute approximate surface area is 130 Å². The molecule has 1 aromatic carbocycles. The minimum Gasteiger partial charge on any atom is -0.504 e. The average molecular weight is 306 g/mol. The largest absolute Gasteiger partial charge is 0.504 e. The Hall–Kier alpha value is -1.85. The van der Waals surface area contributed by atoms with Crippen molar-refractivity contribution in [3.8, 4) is 11.5 Å². The summed E-state index contributed by atoms with van der Waals surface area (Å²) in [7, 11) is 1.49. The van der Waals surface area contributed by atoms with Gasteiger partial charge in [-0.25, -0.2) is 0 Å². The fourth-order valence-corrected chi connectivity index (χ4v) is 2.34. The van der Waals surface area contributed by atoms with Crippen molar-refractivity contribution in [1.29, 1.82) is 0 Å². The van der Waals surface area contributed by atoms with Gasteiger partial charge < -0.3 is 19.3 Å². The minimum absolute atomic E-state index is 0.0117. The van der Waals surface area contributed by atoms with Gasteiger partial charge in [0.2, 0.25) is 0 Å². The lowest BCUT2D eigenvalue weighted by Gasteiger charge is -2.37. The summed E-state index contributed by atoms with van der Waals surface area (Å²) in [5.74, 6) is -0.631. The zero-order valence-electron chi connectivity index (χ0n) is 13.4. The maximum absolute atomic E-state index is 12.0. The molecule has 0 spiro atoms. The summed E-state index contributed by atoms with van der Waals surface area (Å²) in [6.45, 7) is 6.04. The topological polar surface area (TPSA) is 65.0 Å². The fraction of sp³-hybridized carbons (Fsp3) is 0.471. The van der Waals surface area contributed by atoms with Crippen LogP contribution in [0.2, 0.25) is 0 Å². The van der Waals surface area contributed by atoms with Crippen LogP contribution in [0.3, 0.4) is 0 Å². The Morgan fingerprint density at radius 3 is 2.55 bits per heavy atom. The SMILES string of the molecule is COc1cc(/C=C/C2(C(C)(C)C(C)=O)OCCO2)ccc1O. The van der Waals surface area contributed by atoms with Gasteiger partial charge in [-0.1, -0.05) is 12.1 Å². The summed E-state index contributed by atoms with van der Waals surface area (Å²) in [6, 6.07) is 5.00. The molecule has 1 aliphatic heterocycles. The van der Waals surface area contributed by atoms with E-state index in [0.29, 0.717) is 19.0 Å². The van der Waals surface area contributed by atoms with E-state index in [9.17, 15) is 9.90 Å². The van der Waals surface area contributed by atoms with E-state index >= 15 is 0 Å². The van der Waals surface area contributed by atoms with E-state index in [1.54, 1.807) is 30.4 Å². The highest BCUT2D eigenvalue weighted by Crippen LogP contribution is 2.41. The number of hydrogen-bond donors (Lipinski definition) is 1. The molecule has 0 radical (unpaired) electrons. The predicted molar refractivity (Wildman–Crippen MR) is 82.8 cm³/mol. The second kappa shape index (κ2) is 6.10. The van der Waals surface area contributed by atoms with E-state index in [0.717, 1.165) is 5.56 Å². The van der Waals surface area contributed by atoms with E-state index in [4.69, 9.17) is 14.2 Å². The number of methoxy groups -OCH3 is 1. The molecule has 0 aromatic heterocycles. The number of carbonyl (C=O) groups excluding carboxylic acids is 1. The summed E-state index contributed by atoms with van der Waals surface area (Å²) in [5.41, 5.74) is 0.00792. The molecule has 1 aliphatic rings. The lowest BCUT2D eigenvalue weighted by atomic mass is 9.79. The highest BCUT2D eigenvalue weighted by atomic mass is 16.7. The van der Waals surface area contributed by atoms with Gasteiger partial charge in [-0.15, -0.1) is 0 Å². The second-order valence-corrected chi connectivity index (χ2v) is 5.81. The first-order valence-electron chi connectivity index (χ1n) is 7.17.